The first-order chi connectivity index (χ1) is 14.2. The van der Waals surface area contributed by atoms with E-state index in [-0.39, 0.29) is 24.7 Å². The number of rotatable bonds is 8. The molecule has 146 valence electrons. The summed E-state index contributed by atoms with van der Waals surface area (Å²) >= 11 is 0. The van der Waals surface area contributed by atoms with Gasteiger partial charge in [-0.25, -0.2) is 4.39 Å². The molecular formula is C24H20FNO3. The normalized spacial score (nSPS) is 10.8. The fraction of sp³-hybridized carbons (Fsp3) is 0.125. The van der Waals surface area contributed by atoms with Gasteiger partial charge in [0, 0.05) is 22.7 Å². The lowest BCUT2D eigenvalue weighted by Gasteiger charge is -2.08. The number of halogens is 1. The maximum Gasteiger partial charge on any atom is 0.202 e. The van der Waals surface area contributed by atoms with Gasteiger partial charge >= 0.3 is 0 Å². The van der Waals surface area contributed by atoms with Crippen molar-refractivity contribution in [1.29, 1.82) is 0 Å². The zero-order chi connectivity index (χ0) is 20.1. The van der Waals surface area contributed by atoms with E-state index < -0.39 is 5.82 Å². The molecule has 0 unspecified atom stereocenters. The average molecular weight is 389 g/mol. The van der Waals surface area contributed by atoms with Crippen LogP contribution in [0.1, 0.15) is 10.4 Å². The molecule has 0 N–H and O–H groups in total. The summed E-state index contributed by atoms with van der Waals surface area (Å²) in [4.78, 5) is 12.8. The first-order valence-corrected chi connectivity index (χ1v) is 9.38. The van der Waals surface area contributed by atoms with E-state index in [2.05, 4.69) is 0 Å². The van der Waals surface area contributed by atoms with Gasteiger partial charge in [-0.15, -0.1) is 0 Å². The third-order valence-electron chi connectivity index (χ3n) is 4.63. The zero-order valence-electron chi connectivity index (χ0n) is 15.8. The van der Waals surface area contributed by atoms with E-state index in [1.165, 1.54) is 6.07 Å². The Bertz CT molecular complexity index is 1120. The van der Waals surface area contributed by atoms with Gasteiger partial charge in [0.05, 0.1) is 6.54 Å². The summed E-state index contributed by atoms with van der Waals surface area (Å²) in [6.45, 7) is 0.735. The molecule has 5 heteroatoms. The molecule has 1 heterocycles. The fourth-order valence-corrected chi connectivity index (χ4v) is 3.21. The molecule has 0 aliphatic rings. The fourth-order valence-electron chi connectivity index (χ4n) is 3.21. The highest BCUT2D eigenvalue weighted by molar-refractivity contribution is 6.08. The maximum atomic E-state index is 13.7. The predicted molar refractivity (Wildman–Crippen MR) is 110 cm³/mol. The van der Waals surface area contributed by atoms with Gasteiger partial charge in [-0.2, -0.15) is 0 Å². The monoisotopic (exact) mass is 389 g/mol. The minimum Gasteiger partial charge on any atom is -0.489 e. The highest BCUT2D eigenvalue weighted by Crippen LogP contribution is 2.23. The second-order valence-corrected chi connectivity index (χ2v) is 6.56. The Morgan fingerprint density at radius 1 is 0.862 bits per heavy atom. The molecule has 0 saturated heterocycles. The molecule has 0 aliphatic heterocycles. The molecular weight excluding hydrogens is 369 g/mol. The van der Waals surface area contributed by atoms with Gasteiger partial charge in [-0.3, -0.25) is 4.79 Å². The lowest BCUT2D eigenvalue weighted by Crippen LogP contribution is -2.11. The molecule has 0 amide bonds. The van der Waals surface area contributed by atoms with Crippen LogP contribution in [0, 0.1) is 5.82 Å². The van der Waals surface area contributed by atoms with E-state index in [0.717, 1.165) is 10.9 Å². The molecule has 0 spiro atoms. The summed E-state index contributed by atoms with van der Waals surface area (Å²) in [5.41, 5.74) is 1.52. The summed E-state index contributed by atoms with van der Waals surface area (Å²) in [6, 6.07) is 23.3. The molecule has 4 aromatic rings. The Balaban J connectivity index is 1.49. The predicted octanol–water partition coefficient (Wildman–Crippen LogP) is 5.12. The third kappa shape index (κ3) is 4.29. The van der Waals surface area contributed by atoms with Crippen LogP contribution in [-0.2, 0) is 6.54 Å². The first kappa shape index (κ1) is 18.7. The number of carbonyl (C=O) groups excluding carboxylic acids is 1. The maximum absolute atomic E-state index is 13.7. The highest BCUT2D eigenvalue weighted by Gasteiger charge is 2.15. The van der Waals surface area contributed by atoms with Crippen molar-refractivity contribution in [2.24, 2.45) is 0 Å². The summed E-state index contributed by atoms with van der Waals surface area (Å²) < 4.78 is 26.8. The largest absolute Gasteiger partial charge is 0.489 e. The van der Waals surface area contributed by atoms with Gasteiger partial charge in [-0.1, -0.05) is 48.5 Å². The van der Waals surface area contributed by atoms with Crippen LogP contribution in [0.5, 0.6) is 11.5 Å². The summed E-state index contributed by atoms with van der Waals surface area (Å²) in [5, 5.41) is 0.861. The number of ether oxygens (including phenoxy) is 2. The molecule has 1 aromatic heterocycles. The molecule has 0 aliphatic carbocycles. The number of Topliss-reactive ketones (excluding diaryl/α,β-unsaturated/α-hetero) is 1. The van der Waals surface area contributed by atoms with Crippen LogP contribution in [0.3, 0.4) is 0 Å². The minimum absolute atomic E-state index is 0.0379. The Labute approximate surface area is 168 Å². The Morgan fingerprint density at radius 2 is 1.59 bits per heavy atom. The second kappa shape index (κ2) is 8.61. The average Bonchev–Trinajstić information content (AvgIpc) is 3.13. The number of hydrogen-bond acceptors (Lipinski definition) is 3. The van der Waals surface area contributed by atoms with E-state index in [1.54, 1.807) is 18.2 Å². The lowest BCUT2D eigenvalue weighted by molar-refractivity contribution is 0.0923. The summed E-state index contributed by atoms with van der Waals surface area (Å²) in [6.07, 6.45) is 1.81. The minimum atomic E-state index is -0.390. The number of nitrogens with zero attached hydrogens (tertiary/aromatic N) is 1. The third-order valence-corrected chi connectivity index (χ3v) is 4.63. The van der Waals surface area contributed by atoms with Gasteiger partial charge in [0.1, 0.15) is 12.4 Å². The van der Waals surface area contributed by atoms with Crippen molar-refractivity contribution < 1.29 is 18.7 Å². The molecule has 0 saturated carbocycles. The van der Waals surface area contributed by atoms with Crippen molar-refractivity contribution in [3.8, 4) is 11.5 Å². The van der Waals surface area contributed by atoms with Crippen molar-refractivity contribution in [3.05, 3.63) is 96.4 Å². The number of carbonyl (C=O) groups is 1. The van der Waals surface area contributed by atoms with Crippen molar-refractivity contribution in [3.63, 3.8) is 0 Å². The van der Waals surface area contributed by atoms with Crippen LogP contribution in [0.2, 0.25) is 0 Å². The van der Waals surface area contributed by atoms with Gasteiger partial charge < -0.3 is 14.0 Å². The Morgan fingerprint density at radius 3 is 2.41 bits per heavy atom. The van der Waals surface area contributed by atoms with Gasteiger partial charge in [0.25, 0.3) is 0 Å². The number of para-hydroxylation sites is 3. The van der Waals surface area contributed by atoms with E-state index in [4.69, 9.17) is 9.47 Å². The SMILES string of the molecule is O=C(COc1ccccc1)c1cn(CCOc2ccccc2F)c2ccccc12. The van der Waals surface area contributed by atoms with Crippen molar-refractivity contribution >= 4 is 16.7 Å². The molecule has 4 rings (SSSR count). The van der Waals surface area contributed by atoms with Gasteiger partial charge in [0.15, 0.2) is 18.2 Å². The summed E-state index contributed by atoms with van der Waals surface area (Å²) in [7, 11) is 0. The molecule has 0 fully saturated rings. The standard InChI is InChI=1S/C24H20FNO3/c25-21-11-5-7-13-24(21)28-15-14-26-16-20(19-10-4-6-12-22(19)26)23(27)17-29-18-8-2-1-3-9-18/h1-13,16H,14-15,17H2. The van der Waals surface area contributed by atoms with E-state index in [9.17, 15) is 9.18 Å². The van der Waals surface area contributed by atoms with Gasteiger partial charge in [0.2, 0.25) is 5.78 Å². The number of hydrogen-bond donors (Lipinski definition) is 0. The van der Waals surface area contributed by atoms with Crippen LogP contribution in [0.4, 0.5) is 4.39 Å². The van der Waals surface area contributed by atoms with Crippen molar-refractivity contribution in [2.45, 2.75) is 6.54 Å². The van der Waals surface area contributed by atoms with Crippen molar-refractivity contribution in [2.75, 3.05) is 13.2 Å². The van der Waals surface area contributed by atoms with Crippen LogP contribution in [0.25, 0.3) is 10.9 Å². The molecule has 0 radical (unpaired) electrons. The van der Waals surface area contributed by atoms with Crippen LogP contribution in [-0.4, -0.2) is 23.6 Å². The zero-order valence-corrected chi connectivity index (χ0v) is 15.8. The number of aromatic nitrogens is 1. The first-order valence-electron chi connectivity index (χ1n) is 9.38. The van der Waals surface area contributed by atoms with Crippen LogP contribution < -0.4 is 9.47 Å². The van der Waals surface area contributed by atoms with E-state index >= 15 is 0 Å². The molecule has 4 nitrogen and oxygen atoms in total. The number of fused-ring (bicyclic) bond motifs is 1. The second-order valence-electron chi connectivity index (χ2n) is 6.56. The van der Waals surface area contributed by atoms with Crippen molar-refractivity contribution in [1.82, 2.24) is 4.57 Å². The van der Waals surface area contributed by atoms with Gasteiger partial charge in [-0.05, 0) is 30.3 Å². The molecule has 29 heavy (non-hydrogen) atoms. The Kier molecular flexibility index (Phi) is 5.56. The smallest absolute Gasteiger partial charge is 0.202 e. The van der Waals surface area contributed by atoms with E-state index in [1.807, 2.05) is 65.4 Å². The van der Waals surface area contributed by atoms with Crippen LogP contribution >= 0.6 is 0 Å². The highest BCUT2D eigenvalue weighted by atomic mass is 19.1. The van der Waals surface area contributed by atoms with Crippen LogP contribution in [0.15, 0.2) is 85.1 Å². The Hall–Kier alpha value is -3.60. The quantitative estimate of drug-likeness (QED) is 0.393. The number of benzene rings is 3. The van der Waals surface area contributed by atoms with E-state index in [0.29, 0.717) is 17.9 Å². The topological polar surface area (TPSA) is 40.5 Å². The molecule has 3 aromatic carbocycles. The molecule has 0 bridgehead atoms. The molecule has 0 atom stereocenters. The lowest BCUT2D eigenvalue weighted by atomic mass is 10.1. The summed E-state index contributed by atoms with van der Waals surface area (Å²) in [5.74, 6) is 0.386. The number of ketones is 1.